The second-order valence-corrected chi connectivity index (χ2v) is 21.5. The molecule has 0 amide bonds. The predicted octanol–water partition coefficient (Wildman–Crippen LogP) is 7.87. The topological polar surface area (TPSA) is 52.6 Å². The predicted molar refractivity (Wildman–Crippen MR) is 163 cm³/mol. The van der Waals surface area contributed by atoms with Gasteiger partial charge in [0, 0.05) is 0 Å². The summed E-state index contributed by atoms with van der Waals surface area (Å²) in [7, 11) is 0. The van der Waals surface area contributed by atoms with E-state index in [2.05, 4.69) is 0 Å². The van der Waals surface area contributed by atoms with E-state index < -0.39 is 65.4 Å². The van der Waals surface area contributed by atoms with Crippen molar-refractivity contribution in [1.82, 2.24) is 0 Å². The van der Waals surface area contributed by atoms with Crippen LogP contribution >= 0.6 is 0 Å². The van der Waals surface area contributed by atoms with Crippen LogP contribution in [0.2, 0.25) is 0 Å². The minimum absolute atomic E-state index is 0.165. The molecule has 0 aliphatic heterocycles. The SMILES string of the molecule is O=C([O][Sb]([O]C(=O)c1ccccc1)([c]1ccc(C(F)(F)F)cc1)([c]1ccc(C(F)(F)F)cc1)[c]1ccc(C(F)(F)F)cc1)c1ccccc1. The Bertz CT molecular complexity index is 1740. The van der Waals surface area contributed by atoms with Crippen LogP contribution in [-0.4, -0.2) is 30.2 Å². The molecule has 5 aromatic carbocycles. The van der Waals surface area contributed by atoms with Gasteiger partial charge >= 0.3 is 276 Å². The zero-order valence-electron chi connectivity index (χ0n) is 24.7. The van der Waals surface area contributed by atoms with E-state index in [0.29, 0.717) is 36.4 Å². The molecule has 0 fully saturated rings. The summed E-state index contributed by atoms with van der Waals surface area (Å²) in [4.78, 5) is 28.2. The fourth-order valence-corrected chi connectivity index (χ4v) is 17.9. The van der Waals surface area contributed by atoms with Gasteiger partial charge in [-0.2, -0.15) is 0 Å². The molecule has 0 bridgehead atoms. The summed E-state index contributed by atoms with van der Waals surface area (Å²) in [6.07, 6.45) is -14.6. The molecule has 0 atom stereocenters. The number of halogens is 9. The standard InChI is InChI=1S/3C7H4F3.2C7H6O2.Sb/c3*8-7(9,10)6-4-2-1-3-5-6;2*8-7(9)6-4-2-1-3-5-6;/h3*2-5H;2*1-5H,(H,8,9);/q;;;;;+2/p-2. The molecule has 5 rings (SSSR count). The van der Waals surface area contributed by atoms with Crippen molar-refractivity contribution in [3.05, 3.63) is 161 Å². The van der Waals surface area contributed by atoms with Crippen molar-refractivity contribution in [3.8, 4) is 0 Å². The first-order chi connectivity index (χ1) is 22.9. The van der Waals surface area contributed by atoms with Gasteiger partial charge in [-0.15, -0.1) is 0 Å². The molecule has 0 saturated carbocycles. The number of alkyl halides is 9. The zero-order chi connectivity index (χ0) is 35.7. The van der Waals surface area contributed by atoms with Crippen LogP contribution in [-0.2, 0) is 24.6 Å². The van der Waals surface area contributed by atoms with Gasteiger partial charge in [-0.25, -0.2) is 0 Å². The van der Waals surface area contributed by atoms with Gasteiger partial charge in [-0.05, 0) is 0 Å². The summed E-state index contributed by atoms with van der Waals surface area (Å²) in [6.45, 7) is 0. The van der Waals surface area contributed by atoms with Gasteiger partial charge in [-0.3, -0.25) is 0 Å². The Labute approximate surface area is 274 Å². The molecule has 5 aromatic rings. The molecule has 0 heterocycles. The second kappa shape index (κ2) is 12.9. The Kier molecular flexibility index (Phi) is 9.37. The average molecular weight is 799 g/mol. The summed E-state index contributed by atoms with van der Waals surface area (Å²) < 4.78 is 135. The van der Waals surface area contributed by atoms with E-state index in [1.165, 1.54) is 48.5 Å². The normalized spacial score (nSPS) is 13.2. The van der Waals surface area contributed by atoms with Crippen LogP contribution in [0.5, 0.6) is 0 Å². The van der Waals surface area contributed by atoms with E-state index in [9.17, 15) is 49.1 Å². The van der Waals surface area contributed by atoms with E-state index in [1.54, 1.807) is 12.1 Å². The number of hydrogen-bond donors (Lipinski definition) is 0. The van der Waals surface area contributed by atoms with Crippen LogP contribution in [0.3, 0.4) is 0 Å². The van der Waals surface area contributed by atoms with Gasteiger partial charge in [0.05, 0.1) is 0 Å². The van der Waals surface area contributed by atoms with Crippen LogP contribution in [0.4, 0.5) is 39.5 Å². The molecule has 4 nitrogen and oxygen atoms in total. The summed E-state index contributed by atoms with van der Waals surface area (Å²) in [5.41, 5.74) is -3.89. The first kappa shape index (κ1) is 35.5. The van der Waals surface area contributed by atoms with E-state index in [0.717, 1.165) is 36.4 Å². The molecule has 0 saturated heterocycles. The molecule has 254 valence electrons. The minimum atomic E-state index is -7.33. The Morgan fingerprint density at radius 1 is 0.388 bits per heavy atom. The van der Waals surface area contributed by atoms with Crippen molar-refractivity contribution in [3.63, 3.8) is 0 Å². The number of hydrogen-bond acceptors (Lipinski definition) is 4. The third-order valence-electron chi connectivity index (χ3n) is 7.52. The van der Waals surface area contributed by atoms with Gasteiger partial charge in [0.1, 0.15) is 0 Å². The molecule has 0 aliphatic carbocycles. The summed E-state index contributed by atoms with van der Waals surface area (Å²) in [5.74, 6) is -2.44. The maximum absolute atomic E-state index is 14.1. The molecule has 0 unspecified atom stereocenters. The van der Waals surface area contributed by atoms with Gasteiger partial charge in [0.25, 0.3) is 0 Å². The van der Waals surface area contributed by atoms with E-state index >= 15 is 0 Å². The number of benzene rings is 5. The molecule has 0 aliphatic rings. The second-order valence-electron chi connectivity index (χ2n) is 10.6. The van der Waals surface area contributed by atoms with Crippen molar-refractivity contribution in [2.75, 3.05) is 0 Å². The first-order valence-electron chi connectivity index (χ1n) is 14.1. The fourth-order valence-electron chi connectivity index (χ4n) is 5.12. The number of carbonyl (C=O) groups is 2. The fraction of sp³-hybridized carbons (Fsp3) is 0.0857. The average Bonchev–Trinajstić information content (AvgIpc) is 3.08. The molecule has 0 radical (unpaired) electrons. The Balaban J connectivity index is 1.96. The van der Waals surface area contributed by atoms with E-state index in [1.807, 2.05) is 0 Å². The third kappa shape index (κ3) is 6.90. The van der Waals surface area contributed by atoms with E-state index in [4.69, 9.17) is 6.03 Å². The Hall–Kier alpha value is -4.77. The van der Waals surface area contributed by atoms with Crippen molar-refractivity contribution in [1.29, 1.82) is 0 Å². The molecule has 0 N–H and O–H groups in total. The Morgan fingerprint density at radius 3 is 0.857 bits per heavy atom. The molecular formula is C35H22F9O4Sb. The monoisotopic (exact) mass is 798 g/mol. The molecule has 0 aromatic heterocycles. The van der Waals surface area contributed by atoms with Crippen molar-refractivity contribution in [2.24, 2.45) is 0 Å². The summed E-state index contributed by atoms with van der Waals surface area (Å²) >= 11 is -7.33. The molecule has 0 spiro atoms. The first-order valence-corrected chi connectivity index (χ1v) is 20.0. The zero-order valence-corrected chi connectivity index (χ0v) is 27.2. The van der Waals surface area contributed by atoms with Crippen LogP contribution in [0.25, 0.3) is 0 Å². The van der Waals surface area contributed by atoms with Gasteiger partial charge in [0.15, 0.2) is 0 Å². The summed E-state index contributed by atoms with van der Waals surface area (Å²) in [6, 6.07) is 22.5. The number of rotatable bonds is 7. The van der Waals surface area contributed by atoms with Crippen molar-refractivity contribution >= 4 is 40.7 Å². The van der Waals surface area contributed by atoms with Crippen molar-refractivity contribution in [2.45, 2.75) is 18.5 Å². The summed E-state index contributed by atoms with van der Waals surface area (Å²) in [5, 5.41) is 0. The molecule has 14 heteroatoms. The third-order valence-corrected chi connectivity index (χ3v) is 21.0. The van der Waals surface area contributed by atoms with Crippen LogP contribution in [0, 0.1) is 0 Å². The molecule has 49 heavy (non-hydrogen) atoms. The quantitative estimate of drug-likeness (QED) is 0.124. The van der Waals surface area contributed by atoms with Gasteiger partial charge in [-0.1, -0.05) is 0 Å². The van der Waals surface area contributed by atoms with E-state index in [-0.39, 0.29) is 21.7 Å². The van der Waals surface area contributed by atoms with Gasteiger partial charge < -0.3 is 0 Å². The van der Waals surface area contributed by atoms with Crippen LogP contribution in [0.15, 0.2) is 133 Å². The van der Waals surface area contributed by atoms with Crippen LogP contribution < -0.4 is 10.5 Å². The maximum atomic E-state index is 14.1. The van der Waals surface area contributed by atoms with Gasteiger partial charge in [0.2, 0.25) is 0 Å². The molecular weight excluding hydrogens is 777 g/mol. The van der Waals surface area contributed by atoms with Crippen molar-refractivity contribution < 1.29 is 55.1 Å². The number of carbonyl (C=O) groups excluding carboxylic acids is 2. The Morgan fingerprint density at radius 2 is 0.633 bits per heavy atom. The van der Waals surface area contributed by atoms with Crippen LogP contribution in [0.1, 0.15) is 37.4 Å².